The number of halogens is 4. The molecule has 0 bridgehead atoms. The number of hydrogen-bond acceptors (Lipinski definition) is 5. The Morgan fingerprint density at radius 3 is 2.08 bits per heavy atom. The maximum Gasteiger partial charge on any atom is 0.419 e. The minimum Gasteiger partial charge on any atom is -0.588 e. The van der Waals surface area contributed by atoms with E-state index in [-0.39, 0.29) is 0 Å². The van der Waals surface area contributed by atoms with Gasteiger partial charge in [-0.15, -0.1) is 0 Å². The van der Waals surface area contributed by atoms with Crippen LogP contribution in [0.5, 0.6) is 0 Å². The van der Waals surface area contributed by atoms with Gasteiger partial charge >= 0.3 is 6.87 Å². The van der Waals surface area contributed by atoms with Gasteiger partial charge in [0.15, 0.2) is 21.4 Å². The van der Waals surface area contributed by atoms with Crippen LogP contribution in [0.3, 0.4) is 0 Å². The quantitative estimate of drug-likeness (QED) is 0.507. The molecule has 3 unspecified atom stereocenters. The van der Waals surface area contributed by atoms with Crippen LogP contribution in [-0.2, 0) is 19.0 Å². The van der Waals surface area contributed by atoms with E-state index >= 15 is 0 Å². The lowest BCUT2D eigenvalue weighted by molar-refractivity contribution is 0.590. The maximum atomic E-state index is 12.8. The maximum absolute atomic E-state index is 12.8. The molecule has 1 aliphatic heterocycles. The Hall–Kier alpha value is 1.25. The van der Waals surface area contributed by atoms with Crippen LogP contribution in [0.25, 0.3) is 0 Å². The molecule has 72 valence electrons. The van der Waals surface area contributed by atoms with E-state index in [1.807, 2.05) is 0 Å². The van der Waals surface area contributed by atoms with Crippen molar-refractivity contribution >= 4 is 58.5 Å². The van der Waals surface area contributed by atoms with Gasteiger partial charge in [0.1, 0.15) is 3.77 Å². The molecule has 1 aliphatic rings. The average molecular weight is 294 g/mol. The Morgan fingerprint density at radius 2 is 1.75 bits per heavy atom. The van der Waals surface area contributed by atoms with Gasteiger partial charge in [0.2, 0.25) is 19.0 Å². The van der Waals surface area contributed by atoms with E-state index in [9.17, 15) is 13.3 Å². The van der Waals surface area contributed by atoms with Crippen molar-refractivity contribution < 1.29 is 13.3 Å². The van der Waals surface area contributed by atoms with Gasteiger partial charge in [-0.3, -0.25) is 0 Å². The molecule has 0 aromatic rings. The van der Waals surface area contributed by atoms with Crippen LogP contribution < -0.4 is 0 Å². The summed E-state index contributed by atoms with van der Waals surface area (Å²) in [5.41, 5.74) is 0. The van der Waals surface area contributed by atoms with E-state index in [1.165, 1.54) is 0 Å². The van der Waals surface area contributed by atoms with Crippen molar-refractivity contribution in [2.24, 2.45) is 12.1 Å². The highest BCUT2D eigenvalue weighted by molar-refractivity contribution is 8.33. The summed E-state index contributed by atoms with van der Waals surface area (Å²) in [6.07, 6.45) is 0. The van der Waals surface area contributed by atoms with Crippen molar-refractivity contribution in [3.8, 4) is 0 Å². The molecule has 0 radical (unpaired) electrons. The molecule has 0 spiro atoms. The molecule has 1 rings (SSSR count). The minimum absolute atomic E-state index is 2.75. The van der Waals surface area contributed by atoms with E-state index in [0.717, 1.165) is 0 Å². The van der Waals surface area contributed by atoms with E-state index < -0.39 is 25.9 Å². The Kier molecular flexibility index (Phi) is 2.96. The molecule has 3 atom stereocenters. The standard InChI is InChI=1S/Cl3FN3O2PS2/c1-10(4)5-11(2,8)7-12(3,9)6-10. The third-order valence-corrected chi connectivity index (χ3v) is 8.47. The molecule has 0 N–H and O–H groups in total. The molecule has 0 aromatic heterocycles. The molecule has 0 amide bonds. The zero-order valence-corrected chi connectivity index (χ0v) is 9.73. The highest BCUT2D eigenvalue weighted by atomic mass is 35.7. The summed E-state index contributed by atoms with van der Waals surface area (Å²) in [5.74, 6) is 0. The largest absolute Gasteiger partial charge is 0.588 e. The van der Waals surface area contributed by atoms with Crippen molar-refractivity contribution in [1.29, 1.82) is 0 Å². The van der Waals surface area contributed by atoms with Crippen molar-refractivity contribution in [2.45, 2.75) is 0 Å². The molecule has 0 fully saturated rings. The summed E-state index contributed by atoms with van der Waals surface area (Å²) in [6, 6.07) is 0. The second-order valence-electron chi connectivity index (χ2n) is 1.56. The molecular weight excluding hydrogens is 294 g/mol. The molecule has 0 saturated carbocycles. The van der Waals surface area contributed by atoms with Gasteiger partial charge < -0.3 is 9.11 Å². The van der Waals surface area contributed by atoms with Crippen LogP contribution in [0.1, 0.15) is 0 Å². The molecule has 12 heteroatoms. The van der Waals surface area contributed by atoms with Gasteiger partial charge in [0.05, 0.1) is 0 Å². The van der Waals surface area contributed by atoms with Crippen molar-refractivity contribution in [1.82, 2.24) is 0 Å². The lowest BCUT2D eigenvalue weighted by Crippen LogP contribution is -2.06. The first-order valence-corrected chi connectivity index (χ1v) is 9.20. The normalized spacial score (nSPS) is 53.5. The van der Waals surface area contributed by atoms with Crippen molar-refractivity contribution in [2.75, 3.05) is 0 Å². The van der Waals surface area contributed by atoms with Crippen LogP contribution in [0.4, 0.5) is 4.20 Å². The molecule has 0 aliphatic carbocycles. The first-order valence-electron chi connectivity index (χ1n) is 2.11. The fourth-order valence-corrected chi connectivity index (χ4v) is 9.59. The molecule has 5 nitrogen and oxygen atoms in total. The van der Waals surface area contributed by atoms with Crippen LogP contribution in [0.15, 0.2) is 12.1 Å². The molecule has 0 aromatic carbocycles. The monoisotopic (exact) mass is 293 g/mol. The zero-order valence-electron chi connectivity index (χ0n) is 4.93. The Balaban J connectivity index is 3.46. The first-order chi connectivity index (χ1) is 5.12. The lowest BCUT2D eigenvalue weighted by Gasteiger charge is -2.12. The number of rotatable bonds is 0. The van der Waals surface area contributed by atoms with E-state index in [0.29, 0.717) is 0 Å². The number of nitrogens with zero attached hydrogens (tertiary/aromatic N) is 3. The third kappa shape index (κ3) is 3.19. The molecule has 1 heterocycles. The van der Waals surface area contributed by atoms with E-state index in [1.54, 1.807) is 0 Å². The van der Waals surface area contributed by atoms with Crippen LogP contribution in [-0.4, -0.2) is 9.11 Å². The zero-order chi connectivity index (χ0) is 9.62. The molecule has 12 heavy (non-hydrogen) atoms. The van der Waals surface area contributed by atoms with Gasteiger partial charge in [-0.1, -0.05) is 0 Å². The summed E-state index contributed by atoms with van der Waals surface area (Å²) in [7, 11) is 2.46. The Bertz CT molecular complexity index is 286. The van der Waals surface area contributed by atoms with Gasteiger partial charge in [0.25, 0.3) is 0 Å². The molecule has 0 saturated heterocycles. The van der Waals surface area contributed by atoms with Gasteiger partial charge in [-0.2, -0.15) is 4.20 Å². The first kappa shape index (κ1) is 11.3. The van der Waals surface area contributed by atoms with E-state index in [4.69, 9.17) is 32.6 Å². The predicted octanol–water partition coefficient (Wildman–Crippen LogP) is 3.23. The third-order valence-electron chi connectivity index (χ3n) is 0.582. The summed E-state index contributed by atoms with van der Waals surface area (Å²) >= 11 is 4.96. The second-order valence-corrected chi connectivity index (χ2v) is 9.80. The van der Waals surface area contributed by atoms with Crippen LogP contribution >= 0.6 is 39.5 Å². The van der Waals surface area contributed by atoms with E-state index in [2.05, 4.69) is 12.1 Å². The molecular formula is Cl3FN3O2PS2. The predicted molar refractivity (Wildman–Crippen MR) is 49.2 cm³/mol. The lowest BCUT2D eigenvalue weighted by atomic mass is 13.8. The fraction of sp³-hybridized carbons (Fsp3) is 0. The van der Waals surface area contributed by atoms with Crippen molar-refractivity contribution in [3.05, 3.63) is 0 Å². The van der Waals surface area contributed by atoms with Gasteiger partial charge in [0, 0.05) is 0 Å². The minimum atomic E-state index is -4.27. The summed E-state index contributed by atoms with van der Waals surface area (Å²) in [5, 5.41) is 0. The highest BCUT2D eigenvalue weighted by Gasteiger charge is 2.36. The summed E-state index contributed by atoms with van der Waals surface area (Å²) < 4.78 is 42.8. The van der Waals surface area contributed by atoms with Crippen LogP contribution in [0, 0.1) is 0 Å². The highest BCUT2D eigenvalue weighted by Crippen LogP contribution is 2.64. The van der Waals surface area contributed by atoms with Crippen LogP contribution in [0.2, 0.25) is 0 Å². The Labute approximate surface area is 83.7 Å². The SMILES string of the molecule is [O-][S+]1(Cl)=NP(F)(Cl)=N[S+]([O-])(Cl)=N1. The smallest absolute Gasteiger partial charge is 0.419 e. The second kappa shape index (κ2) is 3.13. The van der Waals surface area contributed by atoms with Gasteiger partial charge in [-0.25, -0.2) is 0 Å². The Morgan fingerprint density at radius 1 is 1.25 bits per heavy atom. The number of hydrogen-bond donors (Lipinski definition) is 0. The summed E-state index contributed by atoms with van der Waals surface area (Å²) in [6.45, 7) is -4.27. The fourth-order valence-electron chi connectivity index (χ4n) is 0.400. The topological polar surface area (TPSA) is 83.2 Å². The van der Waals surface area contributed by atoms with Gasteiger partial charge in [-0.05, 0) is 19.5 Å². The van der Waals surface area contributed by atoms with Crippen molar-refractivity contribution in [3.63, 3.8) is 0 Å². The summed E-state index contributed by atoms with van der Waals surface area (Å²) in [4.78, 5) is 0. The average Bonchev–Trinajstić information content (AvgIpc) is 1.44.